The average molecular weight is 146 g/mol. The minimum absolute atomic E-state index is 0.380. The van der Waals surface area contributed by atoms with Crippen molar-refractivity contribution in [2.24, 2.45) is 5.92 Å². The summed E-state index contributed by atoms with van der Waals surface area (Å²) >= 11 is 5.54. The third-order valence-electron chi connectivity index (χ3n) is 1.28. The van der Waals surface area contributed by atoms with Crippen LogP contribution >= 0.6 is 11.6 Å². The number of rotatable bonds is 0. The standard InChI is InChI=1S/C6H8ClNO/c1-5-2-3-8(9)6(7)4-5/h2-3,5H,4H2,1H3. The number of nitrogens with zero attached hydrogens (tertiary/aromatic N) is 1. The van der Waals surface area contributed by atoms with Crippen LogP contribution in [0.15, 0.2) is 12.3 Å². The molecule has 0 aliphatic carbocycles. The van der Waals surface area contributed by atoms with Crippen LogP contribution in [0.4, 0.5) is 0 Å². The fourth-order valence-corrected chi connectivity index (χ4v) is 1.03. The molecule has 1 atom stereocenters. The predicted octanol–water partition coefficient (Wildman–Crippen LogP) is 1.69. The molecule has 0 N–H and O–H groups in total. The molecule has 9 heavy (non-hydrogen) atoms. The SMILES string of the molecule is CC1C=C[N+]([O-])=C(Cl)C1. The minimum Gasteiger partial charge on any atom is -0.618 e. The Morgan fingerprint density at radius 2 is 2.56 bits per heavy atom. The van der Waals surface area contributed by atoms with Gasteiger partial charge in [0.15, 0.2) is 6.20 Å². The van der Waals surface area contributed by atoms with E-state index >= 15 is 0 Å². The van der Waals surface area contributed by atoms with E-state index in [-0.39, 0.29) is 0 Å². The van der Waals surface area contributed by atoms with Crippen molar-refractivity contribution in [3.05, 3.63) is 17.5 Å². The highest BCUT2D eigenvalue weighted by Crippen LogP contribution is 2.11. The summed E-state index contributed by atoms with van der Waals surface area (Å²) in [7, 11) is 0. The quantitative estimate of drug-likeness (QED) is 0.376. The highest BCUT2D eigenvalue weighted by atomic mass is 35.5. The van der Waals surface area contributed by atoms with E-state index < -0.39 is 0 Å². The van der Waals surface area contributed by atoms with Gasteiger partial charge >= 0.3 is 0 Å². The summed E-state index contributed by atoms with van der Waals surface area (Å²) in [6.07, 6.45) is 3.97. The summed E-state index contributed by atoms with van der Waals surface area (Å²) in [6.45, 7) is 2.02. The molecule has 0 saturated carbocycles. The fourth-order valence-electron chi connectivity index (χ4n) is 0.730. The van der Waals surface area contributed by atoms with E-state index in [9.17, 15) is 5.21 Å². The molecule has 1 unspecified atom stereocenters. The maximum atomic E-state index is 10.6. The molecule has 0 saturated heterocycles. The molecule has 0 bridgehead atoms. The molecule has 0 amide bonds. The normalized spacial score (nSPS) is 27.1. The van der Waals surface area contributed by atoms with Crippen LogP contribution in [0.1, 0.15) is 13.3 Å². The molecule has 0 radical (unpaired) electrons. The zero-order valence-electron chi connectivity index (χ0n) is 5.17. The van der Waals surface area contributed by atoms with E-state index in [4.69, 9.17) is 11.6 Å². The summed E-state index contributed by atoms with van der Waals surface area (Å²) in [5.74, 6) is 0.405. The van der Waals surface area contributed by atoms with Gasteiger partial charge in [0.05, 0.1) is 6.42 Å². The van der Waals surface area contributed by atoms with Crippen LogP contribution in [0, 0.1) is 11.1 Å². The Balaban J connectivity index is 2.75. The summed E-state index contributed by atoms with van der Waals surface area (Å²) in [4.78, 5) is 0. The predicted molar refractivity (Wildman–Crippen MR) is 37.4 cm³/mol. The van der Waals surface area contributed by atoms with Gasteiger partial charge in [-0.05, 0) is 23.6 Å². The molecule has 0 aromatic heterocycles. The Kier molecular flexibility index (Phi) is 1.76. The lowest BCUT2D eigenvalue weighted by atomic mass is 10.1. The second-order valence-corrected chi connectivity index (χ2v) is 2.66. The summed E-state index contributed by atoms with van der Waals surface area (Å²) in [5, 5.41) is 11.0. The highest BCUT2D eigenvalue weighted by molar-refractivity contribution is 6.64. The molecule has 0 fully saturated rings. The first kappa shape index (κ1) is 6.62. The largest absolute Gasteiger partial charge is 0.618 e. The lowest BCUT2D eigenvalue weighted by Gasteiger charge is -2.09. The maximum absolute atomic E-state index is 10.6. The van der Waals surface area contributed by atoms with Crippen molar-refractivity contribution >= 4 is 16.8 Å². The van der Waals surface area contributed by atoms with Gasteiger partial charge in [-0.25, -0.2) is 0 Å². The Labute approximate surface area is 59.0 Å². The lowest BCUT2D eigenvalue weighted by molar-refractivity contribution is -0.380. The minimum atomic E-state index is 0.380. The first-order valence-corrected chi connectivity index (χ1v) is 3.24. The van der Waals surface area contributed by atoms with Crippen LogP contribution < -0.4 is 0 Å². The Morgan fingerprint density at radius 3 is 3.00 bits per heavy atom. The molecular formula is C6H8ClNO. The van der Waals surface area contributed by atoms with Crippen LogP contribution in [0.3, 0.4) is 0 Å². The van der Waals surface area contributed by atoms with Crippen molar-refractivity contribution < 1.29 is 4.74 Å². The smallest absolute Gasteiger partial charge is 0.262 e. The lowest BCUT2D eigenvalue weighted by Crippen LogP contribution is -2.12. The molecule has 0 aromatic carbocycles. The molecular weight excluding hydrogens is 138 g/mol. The molecule has 50 valence electrons. The second kappa shape index (κ2) is 2.40. The van der Waals surface area contributed by atoms with Gasteiger partial charge in [-0.3, -0.25) is 0 Å². The number of allylic oxidation sites excluding steroid dienone is 1. The molecule has 1 aliphatic heterocycles. The molecule has 3 heteroatoms. The van der Waals surface area contributed by atoms with E-state index in [1.165, 1.54) is 6.20 Å². The zero-order chi connectivity index (χ0) is 6.85. The van der Waals surface area contributed by atoms with Crippen LogP contribution in [0.25, 0.3) is 0 Å². The third kappa shape index (κ3) is 1.45. The van der Waals surface area contributed by atoms with Crippen molar-refractivity contribution in [2.75, 3.05) is 0 Å². The molecule has 2 nitrogen and oxygen atoms in total. The third-order valence-corrected chi connectivity index (χ3v) is 1.60. The second-order valence-electron chi connectivity index (χ2n) is 2.22. The monoisotopic (exact) mass is 145 g/mol. The van der Waals surface area contributed by atoms with Gasteiger partial charge in [-0.15, -0.1) is 0 Å². The van der Waals surface area contributed by atoms with Crippen molar-refractivity contribution in [3.63, 3.8) is 0 Å². The maximum Gasteiger partial charge on any atom is 0.262 e. The van der Waals surface area contributed by atoms with E-state index in [0.29, 0.717) is 22.2 Å². The van der Waals surface area contributed by atoms with Gasteiger partial charge in [0.2, 0.25) is 0 Å². The Morgan fingerprint density at radius 1 is 1.89 bits per heavy atom. The summed E-state index contributed by atoms with van der Waals surface area (Å²) in [6, 6.07) is 0. The number of hydrogen-bond donors (Lipinski definition) is 0. The van der Waals surface area contributed by atoms with E-state index in [1.807, 2.05) is 13.0 Å². The van der Waals surface area contributed by atoms with Crippen LogP contribution in [-0.4, -0.2) is 9.91 Å². The fraction of sp³-hybridized carbons (Fsp3) is 0.500. The van der Waals surface area contributed by atoms with E-state index in [2.05, 4.69) is 0 Å². The highest BCUT2D eigenvalue weighted by Gasteiger charge is 2.13. The first-order chi connectivity index (χ1) is 4.20. The number of hydrogen-bond acceptors (Lipinski definition) is 1. The van der Waals surface area contributed by atoms with E-state index in [0.717, 1.165) is 0 Å². The number of hydroxylamine groups is 1. The van der Waals surface area contributed by atoms with E-state index in [1.54, 1.807) is 0 Å². The summed E-state index contributed by atoms with van der Waals surface area (Å²) < 4.78 is 0.696. The van der Waals surface area contributed by atoms with Gasteiger partial charge in [0.25, 0.3) is 5.17 Å². The molecule has 1 rings (SSSR count). The van der Waals surface area contributed by atoms with Crippen LogP contribution in [0.5, 0.6) is 0 Å². The van der Waals surface area contributed by atoms with Crippen LogP contribution in [0.2, 0.25) is 0 Å². The average Bonchev–Trinajstić information content (AvgIpc) is 1.80. The molecule has 0 spiro atoms. The van der Waals surface area contributed by atoms with Crippen molar-refractivity contribution in [1.29, 1.82) is 0 Å². The van der Waals surface area contributed by atoms with Gasteiger partial charge < -0.3 is 5.21 Å². The van der Waals surface area contributed by atoms with Gasteiger partial charge in [-0.1, -0.05) is 6.92 Å². The summed E-state index contributed by atoms with van der Waals surface area (Å²) in [5.41, 5.74) is 0. The van der Waals surface area contributed by atoms with Gasteiger partial charge in [0.1, 0.15) is 0 Å². The molecule has 0 aromatic rings. The Bertz CT molecular complexity index is 174. The van der Waals surface area contributed by atoms with Crippen molar-refractivity contribution in [2.45, 2.75) is 13.3 Å². The van der Waals surface area contributed by atoms with Gasteiger partial charge in [-0.2, -0.15) is 4.74 Å². The molecule has 1 aliphatic rings. The van der Waals surface area contributed by atoms with Crippen LogP contribution in [-0.2, 0) is 0 Å². The Hall–Kier alpha value is -0.500. The zero-order valence-corrected chi connectivity index (χ0v) is 5.93. The van der Waals surface area contributed by atoms with Crippen molar-refractivity contribution in [1.82, 2.24) is 0 Å². The van der Waals surface area contributed by atoms with Gasteiger partial charge in [0, 0.05) is 0 Å². The molecule has 1 heterocycles. The first-order valence-electron chi connectivity index (χ1n) is 2.86. The van der Waals surface area contributed by atoms with Crippen molar-refractivity contribution in [3.8, 4) is 0 Å². The number of halogens is 1. The topological polar surface area (TPSA) is 26.1 Å².